The molecular formula is C19H19F2NO6. The Morgan fingerprint density at radius 1 is 1.04 bits per heavy atom. The molecular weight excluding hydrogens is 376 g/mol. The number of esters is 2. The Balaban J connectivity index is 2.12. The van der Waals surface area contributed by atoms with Crippen LogP contribution in [0.2, 0.25) is 0 Å². The second-order valence-corrected chi connectivity index (χ2v) is 5.75. The first-order valence-electron chi connectivity index (χ1n) is 8.36. The fourth-order valence-corrected chi connectivity index (χ4v) is 2.67. The number of carbonyl (C=O) groups is 3. The maximum absolute atomic E-state index is 12.5. The van der Waals surface area contributed by atoms with Gasteiger partial charge in [-0.15, -0.1) is 0 Å². The molecule has 28 heavy (non-hydrogen) atoms. The third-order valence-electron chi connectivity index (χ3n) is 3.76. The molecule has 0 amide bonds. The van der Waals surface area contributed by atoms with E-state index in [0.29, 0.717) is 11.4 Å². The van der Waals surface area contributed by atoms with Gasteiger partial charge in [0, 0.05) is 11.4 Å². The molecule has 0 bridgehead atoms. The zero-order valence-corrected chi connectivity index (χ0v) is 15.5. The SMILES string of the molecule is CCOC(=O)c1c(C)[nH]c(C)c1C(=O)COC(=O)c1cccc(OC(F)F)c1. The summed E-state index contributed by atoms with van der Waals surface area (Å²) < 4.78 is 38.7. The summed E-state index contributed by atoms with van der Waals surface area (Å²) in [4.78, 5) is 39.6. The van der Waals surface area contributed by atoms with Gasteiger partial charge in [0.15, 0.2) is 6.61 Å². The highest BCUT2D eigenvalue weighted by Crippen LogP contribution is 2.21. The van der Waals surface area contributed by atoms with Gasteiger partial charge in [0.2, 0.25) is 5.78 Å². The van der Waals surface area contributed by atoms with E-state index in [1.165, 1.54) is 18.2 Å². The van der Waals surface area contributed by atoms with Crippen molar-refractivity contribution in [1.29, 1.82) is 0 Å². The topological polar surface area (TPSA) is 94.7 Å². The molecule has 0 aliphatic heterocycles. The van der Waals surface area contributed by atoms with E-state index >= 15 is 0 Å². The number of H-pyrrole nitrogens is 1. The maximum atomic E-state index is 12.5. The van der Waals surface area contributed by atoms with Gasteiger partial charge in [-0.1, -0.05) is 6.07 Å². The van der Waals surface area contributed by atoms with Crippen LogP contribution in [0.15, 0.2) is 24.3 Å². The van der Waals surface area contributed by atoms with E-state index in [2.05, 4.69) is 9.72 Å². The van der Waals surface area contributed by atoms with Gasteiger partial charge in [-0.3, -0.25) is 4.79 Å². The van der Waals surface area contributed by atoms with E-state index in [4.69, 9.17) is 9.47 Å². The Hall–Kier alpha value is -3.23. The quantitative estimate of drug-likeness (QED) is 0.543. The molecule has 7 nitrogen and oxygen atoms in total. The van der Waals surface area contributed by atoms with Crippen LogP contribution in [0, 0.1) is 13.8 Å². The first-order valence-corrected chi connectivity index (χ1v) is 8.36. The molecule has 0 aliphatic carbocycles. The fourth-order valence-electron chi connectivity index (χ4n) is 2.67. The van der Waals surface area contributed by atoms with Crippen LogP contribution in [0.3, 0.4) is 0 Å². The number of ether oxygens (including phenoxy) is 3. The summed E-state index contributed by atoms with van der Waals surface area (Å²) in [7, 11) is 0. The number of Topliss-reactive ketones (excluding diaryl/α,β-unsaturated/α-hetero) is 1. The van der Waals surface area contributed by atoms with Crippen LogP contribution < -0.4 is 4.74 Å². The smallest absolute Gasteiger partial charge is 0.387 e. The average Bonchev–Trinajstić information content (AvgIpc) is 2.93. The third-order valence-corrected chi connectivity index (χ3v) is 3.76. The van der Waals surface area contributed by atoms with Gasteiger partial charge in [0.1, 0.15) is 5.75 Å². The minimum atomic E-state index is -3.03. The fraction of sp³-hybridized carbons (Fsp3) is 0.316. The Labute approximate surface area is 159 Å². The predicted molar refractivity (Wildman–Crippen MR) is 93.9 cm³/mol. The largest absolute Gasteiger partial charge is 0.462 e. The molecule has 1 aromatic carbocycles. The molecule has 0 atom stereocenters. The summed E-state index contributed by atoms with van der Waals surface area (Å²) in [5, 5.41) is 0. The molecule has 0 aliphatic rings. The van der Waals surface area contributed by atoms with Crippen molar-refractivity contribution in [3.8, 4) is 5.75 Å². The average molecular weight is 395 g/mol. The molecule has 0 radical (unpaired) electrons. The zero-order chi connectivity index (χ0) is 20.8. The summed E-state index contributed by atoms with van der Waals surface area (Å²) in [6, 6.07) is 5.01. The van der Waals surface area contributed by atoms with Crippen LogP contribution in [0.25, 0.3) is 0 Å². The highest BCUT2D eigenvalue weighted by Gasteiger charge is 2.26. The first kappa shape index (κ1) is 21.1. The molecule has 2 rings (SSSR count). The summed E-state index contributed by atoms with van der Waals surface area (Å²) in [5.41, 5.74) is 1.02. The zero-order valence-electron chi connectivity index (χ0n) is 15.5. The Morgan fingerprint density at radius 3 is 2.36 bits per heavy atom. The Kier molecular flexibility index (Phi) is 6.86. The van der Waals surface area contributed by atoms with Crippen LogP contribution in [-0.4, -0.2) is 42.5 Å². The second kappa shape index (κ2) is 9.12. The number of aromatic nitrogens is 1. The van der Waals surface area contributed by atoms with Crippen molar-refractivity contribution >= 4 is 17.7 Å². The highest BCUT2D eigenvalue weighted by molar-refractivity contribution is 6.09. The molecule has 2 aromatic rings. The number of hydrogen-bond donors (Lipinski definition) is 1. The van der Waals surface area contributed by atoms with E-state index in [0.717, 1.165) is 6.07 Å². The summed E-state index contributed by atoms with van der Waals surface area (Å²) in [6.45, 7) is 1.34. The van der Waals surface area contributed by atoms with Gasteiger partial charge in [0.25, 0.3) is 0 Å². The number of carbonyl (C=O) groups excluding carboxylic acids is 3. The number of nitrogens with one attached hydrogen (secondary N) is 1. The molecule has 1 heterocycles. The number of aromatic amines is 1. The number of rotatable bonds is 8. The van der Waals surface area contributed by atoms with Gasteiger partial charge in [-0.2, -0.15) is 8.78 Å². The van der Waals surface area contributed by atoms with Gasteiger partial charge >= 0.3 is 18.6 Å². The third kappa shape index (κ3) is 4.93. The molecule has 0 saturated heterocycles. The molecule has 0 saturated carbocycles. The van der Waals surface area contributed by atoms with Crippen LogP contribution >= 0.6 is 0 Å². The molecule has 150 valence electrons. The standard InChI is InChI=1S/C19H19F2NO6/c1-4-26-18(25)16-11(3)22-10(2)15(16)14(23)9-27-17(24)12-6-5-7-13(8-12)28-19(20)21/h5-8,19,22H,4,9H2,1-3H3. The summed E-state index contributed by atoms with van der Waals surface area (Å²) >= 11 is 0. The van der Waals surface area contributed by atoms with Crippen molar-refractivity contribution in [2.24, 2.45) is 0 Å². The lowest BCUT2D eigenvalue weighted by Crippen LogP contribution is -2.18. The van der Waals surface area contributed by atoms with Crippen LogP contribution in [-0.2, 0) is 9.47 Å². The van der Waals surface area contributed by atoms with Gasteiger partial charge in [-0.05, 0) is 39.0 Å². The van der Waals surface area contributed by atoms with E-state index in [1.54, 1.807) is 20.8 Å². The number of ketones is 1. The molecule has 1 N–H and O–H groups in total. The lowest BCUT2D eigenvalue weighted by molar-refractivity contribution is -0.0499. The molecule has 9 heteroatoms. The van der Waals surface area contributed by atoms with Crippen LogP contribution in [0.5, 0.6) is 5.75 Å². The lowest BCUT2D eigenvalue weighted by Gasteiger charge is -2.08. The predicted octanol–water partition coefficient (Wildman–Crippen LogP) is 3.45. The number of halogens is 2. The molecule has 0 spiro atoms. The van der Waals surface area contributed by atoms with E-state index in [-0.39, 0.29) is 29.0 Å². The minimum absolute atomic E-state index is 0.0569. The maximum Gasteiger partial charge on any atom is 0.387 e. The van der Waals surface area contributed by atoms with Crippen molar-refractivity contribution in [3.05, 3.63) is 52.3 Å². The lowest BCUT2D eigenvalue weighted by atomic mass is 10.1. The van der Waals surface area contributed by atoms with Gasteiger partial charge < -0.3 is 19.2 Å². The van der Waals surface area contributed by atoms with Crippen molar-refractivity contribution < 1.29 is 37.4 Å². The molecule has 0 fully saturated rings. The minimum Gasteiger partial charge on any atom is -0.462 e. The van der Waals surface area contributed by atoms with E-state index < -0.39 is 30.9 Å². The van der Waals surface area contributed by atoms with Crippen molar-refractivity contribution in [1.82, 2.24) is 4.98 Å². The van der Waals surface area contributed by atoms with Crippen LogP contribution in [0.4, 0.5) is 8.78 Å². The van der Waals surface area contributed by atoms with Gasteiger partial charge in [-0.25, -0.2) is 9.59 Å². The highest BCUT2D eigenvalue weighted by atomic mass is 19.3. The van der Waals surface area contributed by atoms with Crippen molar-refractivity contribution in [2.45, 2.75) is 27.4 Å². The molecule has 0 unspecified atom stereocenters. The normalized spacial score (nSPS) is 10.6. The van der Waals surface area contributed by atoms with Crippen LogP contribution in [0.1, 0.15) is 49.4 Å². The Morgan fingerprint density at radius 2 is 1.71 bits per heavy atom. The van der Waals surface area contributed by atoms with Crippen molar-refractivity contribution in [3.63, 3.8) is 0 Å². The van der Waals surface area contributed by atoms with Gasteiger partial charge in [0.05, 0.1) is 23.3 Å². The van der Waals surface area contributed by atoms with Crippen molar-refractivity contribution in [2.75, 3.05) is 13.2 Å². The number of benzene rings is 1. The molecule has 1 aromatic heterocycles. The Bertz CT molecular complexity index is 891. The summed E-state index contributed by atoms with van der Waals surface area (Å²) in [5.74, 6) is -2.36. The number of alkyl halides is 2. The summed E-state index contributed by atoms with van der Waals surface area (Å²) in [6.07, 6.45) is 0. The monoisotopic (exact) mass is 395 g/mol. The second-order valence-electron chi connectivity index (χ2n) is 5.75. The number of hydrogen-bond acceptors (Lipinski definition) is 6. The van der Waals surface area contributed by atoms with E-state index in [9.17, 15) is 23.2 Å². The number of aryl methyl sites for hydroxylation is 2. The first-order chi connectivity index (χ1) is 13.2. The van der Waals surface area contributed by atoms with E-state index in [1.807, 2.05) is 0 Å².